The van der Waals surface area contributed by atoms with Crippen molar-refractivity contribution >= 4 is 5.91 Å². The summed E-state index contributed by atoms with van der Waals surface area (Å²) >= 11 is 0. The van der Waals surface area contributed by atoms with Crippen LogP contribution in [0.1, 0.15) is 40.0 Å². The zero-order valence-corrected chi connectivity index (χ0v) is 11.2. The predicted molar refractivity (Wildman–Crippen MR) is 68.7 cm³/mol. The Bertz CT molecular complexity index is 240. The van der Waals surface area contributed by atoms with Gasteiger partial charge < -0.3 is 15.7 Å². The Morgan fingerprint density at radius 1 is 1.35 bits per heavy atom. The molecule has 0 aromatic carbocycles. The molecule has 1 fully saturated rings. The molecule has 0 aromatic heterocycles. The Balaban J connectivity index is 2.08. The highest BCUT2D eigenvalue weighted by Crippen LogP contribution is 2.32. The van der Waals surface area contributed by atoms with Gasteiger partial charge in [0.1, 0.15) is 0 Å². The molecule has 4 nitrogen and oxygen atoms in total. The molecule has 0 bridgehead atoms. The number of aliphatic hydroxyl groups is 1. The van der Waals surface area contributed by atoms with Crippen LogP contribution in [0.3, 0.4) is 0 Å². The Hall–Kier alpha value is -0.610. The van der Waals surface area contributed by atoms with Crippen LogP contribution in [0.5, 0.6) is 0 Å². The Labute approximate surface area is 104 Å². The molecule has 2 atom stereocenters. The molecule has 3 N–H and O–H groups in total. The summed E-state index contributed by atoms with van der Waals surface area (Å²) in [6.07, 6.45) is 2.96. The molecule has 0 spiro atoms. The third-order valence-electron chi connectivity index (χ3n) is 3.21. The van der Waals surface area contributed by atoms with E-state index < -0.39 is 0 Å². The third kappa shape index (κ3) is 6.03. The molecular weight excluding hydrogens is 216 g/mol. The molecule has 1 aliphatic rings. The highest BCUT2D eigenvalue weighted by Gasteiger charge is 2.29. The number of hydrogen-bond acceptors (Lipinski definition) is 3. The molecule has 1 rings (SSSR count). The second kappa shape index (κ2) is 6.97. The molecule has 0 aliphatic heterocycles. The second-order valence-electron chi connectivity index (χ2n) is 5.51. The summed E-state index contributed by atoms with van der Waals surface area (Å²) in [5.74, 6) is 1.09. The zero-order chi connectivity index (χ0) is 12.8. The molecular formula is C13H26N2O2. The average Bonchev–Trinajstić information content (AvgIpc) is 3.08. The molecule has 0 saturated heterocycles. The van der Waals surface area contributed by atoms with Gasteiger partial charge in [-0.2, -0.15) is 0 Å². The van der Waals surface area contributed by atoms with Crippen LogP contribution in [0.25, 0.3) is 0 Å². The van der Waals surface area contributed by atoms with Crippen molar-refractivity contribution in [3.05, 3.63) is 0 Å². The van der Waals surface area contributed by atoms with Gasteiger partial charge in [0, 0.05) is 13.1 Å². The van der Waals surface area contributed by atoms with Gasteiger partial charge in [-0.25, -0.2) is 0 Å². The summed E-state index contributed by atoms with van der Waals surface area (Å²) in [6.45, 7) is 7.36. The quantitative estimate of drug-likeness (QED) is 0.592. The van der Waals surface area contributed by atoms with E-state index in [1.54, 1.807) is 0 Å². The minimum atomic E-state index is -0.291. The highest BCUT2D eigenvalue weighted by molar-refractivity contribution is 5.81. The van der Waals surface area contributed by atoms with Crippen LogP contribution in [0.15, 0.2) is 0 Å². The number of rotatable bonds is 8. The van der Waals surface area contributed by atoms with Crippen LogP contribution in [0.2, 0.25) is 0 Å². The molecule has 0 aromatic rings. The van der Waals surface area contributed by atoms with Gasteiger partial charge in [-0.05, 0) is 38.0 Å². The maximum absolute atomic E-state index is 11.7. The third-order valence-corrected chi connectivity index (χ3v) is 3.21. The predicted octanol–water partition coefficient (Wildman–Crippen LogP) is 0.898. The van der Waals surface area contributed by atoms with E-state index in [1.165, 1.54) is 0 Å². The van der Waals surface area contributed by atoms with E-state index in [-0.39, 0.29) is 18.1 Å². The van der Waals surface area contributed by atoms with Gasteiger partial charge in [0.2, 0.25) is 5.91 Å². The van der Waals surface area contributed by atoms with E-state index >= 15 is 0 Å². The van der Waals surface area contributed by atoms with Gasteiger partial charge in [-0.1, -0.05) is 13.8 Å². The smallest absolute Gasteiger partial charge is 0.236 e. The van der Waals surface area contributed by atoms with Crippen molar-refractivity contribution in [1.82, 2.24) is 10.6 Å². The lowest BCUT2D eigenvalue weighted by Crippen LogP contribution is -2.45. The number of nitrogens with one attached hydrogen (secondary N) is 2. The number of carbonyl (C=O) groups is 1. The van der Waals surface area contributed by atoms with Crippen molar-refractivity contribution in [2.75, 3.05) is 13.1 Å². The number of carbonyl (C=O) groups excluding carboxylic acids is 1. The molecule has 100 valence electrons. The Morgan fingerprint density at radius 2 is 2.00 bits per heavy atom. The van der Waals surface area contributed by atoms with Gasteiger partial charge in [-0.15, -0.1) is 0 Å². The standard InChI is InChI=1S/C13H26N2O2/c1-9(2)6-7-14-13(17)10(3)15-8-12(16)11-4-5-11/h9-12,15-16H,4-8H2,1-3H3,(H,14,17). The number of aliphatic hydroxyl groups excluding tert-OH is 1. The van der Waals surface area contributed by atoms with Crippen molar-refractivity contribution in [1.29, 1.82) is 0 Å². The SMILES string of the molecule is CC(C)CCNC(=O)C(C)NCC(O)C1CC1. The van der Waals surface area contributed by atoms with Crippen molar-refractivity contribution in [2.45, 2.75) is 52.2 Å². The summed E-state index contributed by atoms with van der Waals surface area (Å²) < 4.78 is 0. The summed E-state index contributed by atoms with van der Waals surface area (Å²) in [5.41, 5.74) is 0. The van der Waals surface area contributed by atoms with Crippen LogP contribution >= 0.6 is 0 Å². The molecule has 1 amide bonds. The van der Waals surface area contributed by atoms with Gasteiger partial charge >= 0.3 is 0 Å². The summed E-state index contributed by atoms with van der Waals surface area (Å²) in [5, 5.41) is 15.7. The van der Waals surface area contributed by atoms with Crippen molar-refractivity contribution in [2.24, 2.45) is 11.8 Å². The van der Waals surface area contributed by atoms with Gasteiger partial charge in [0.05, 0.1) is 12.1 Å². The van der Waals surface area contributed by atoms with Crippen LogP contribution in [0, 0.1) is 11.8 Å². The highest BCUT2D eigenvalue weighted by atomic mass is 16.3. The first-order valence-electron chi connectivity index (χ1n) is 6.70. The fraction of sp³-hybridized carbons (Fsp3) is 0.923. The van der Waals surface area contributed by atoms with E-state index in [0.29, 0.717) is 18.4 Å². The topological polar surface area (TPSA) is 61.4 Å². The van der Waals surface area contributed by atoms with E-state index in [0.717, 1.165) is 25.8 Å². The van der Waals surface area contributed by atoms with Gasteiger partial charge in [-0.3, -0.25) is 4.79 Å². The molecule has 4 heteroatoms. The lowest BCUT2D eigenvalue weighted by atomic mass is 10.1. The van der Waals surface area contributed by atoms with E-state index in [2.05, 4.69) is 24.5 Å². The van der Waals surface area contributed by atoms with Gasteiger partial charge in [0.25, 0.3) is 0 Å². The average molecular weight is 242 g/mol. The molecule has 2 unspecified atom stereocenters. The molecule has 1 saturated carbocycles. The van der Waals surface area contributed by atoms with E-state index in [9.17, 15) is 9.90 Å². The maximum atomic E-state index is 11.7. The minimum Gasteiger partial charge on any atom is -0.392 e. The summed E-state index contributed by atoms with van der Waals surface area (Å²) in [4.78, 5) is 11.7. The molecule has 0 radical (unpaired) electrons. The Kier molecular flexibility index (Phi) is 5.92. The van der Waals surface area contributed by atoms with Gasteiger partial charge in [0.15, 0.2) is 0 Å². The van der Waals surface area contributed by atoms with Crippen molar-refractivity contribution in [3.63, 3.8) is 0 Å². The fourth-order valence-electron chi connectivity index (χ4n) is 1.68. The lowest BCUT2D eigenvalue weighted by Gasteiger charge is -2.17. The largest absolute Gasteiger partial charge is 0.392 e. The van der Waals surface area contributed by atoms with Crippen LogP contribution < -0.4 is 10.6 Å². The lowest BCUT2D eigenvalue weighted by molar-refractivity contribution is -0.122. The monoisotopic (exact) mass is 242 g/mol. The first-order valence-corrected chi connectivity index (χ1v) is 6.70. The number of amides is 1. The van der Waals surface area contributed by atoms with Crippen LogP contribution in [0.4, 0.5) is 0 Å². The zero-order valence-electron chi connectivity index (χ0n) is 11.2. The second-order valence-corrected chi connectivity index (χ2v) is 5.51. The van der Waals surface area contributed by atoms with Crippen LogP contribution in [-0.2, 0) is 4.79 Å². The molecule has 17 heavy (non-hydrogen) atoms. The fourth-order valence-corrected chi connectivity index (χ4v) is 1.68. The first kappa shape index (κ1) is 14.5. The van der Waals surface area contributed by atoms with Crippen molar-refractivity contribution in [3.8, 4) is 0 Å². The maximum Gasteiger partial charge on any atom is 0.236 e. The summed E-state index contributed by atoms with van der Waals surface area (Å²) in [6, 6.07) is -0.226. The molecule has 0 heterocycles. The van der Waals surface area contributed by atoms with E-state index in [1.807, 2.05) is 6.92 Å². The van der Waals surface area contributed by atoms with Crippen molar-refractivity contribution < 1.29 is 9.90 Å². The first-order chi connectivity index (χ1) is 8.00. The summed E-state index contributed by atoms with van der Waals surface area (Å²) in [7, 11) is 0. The minimum absolute atomic E-state index is 0.0219. The van der Waals surface area contributed by atoms with E-state index in [4.69, 9.17) is 0 Å². The van der Waals surface area contributed by atoms with Crippen LogP contribution in [-0.4, -0.2) is 36.2 Å². The Morgan fingerprint density at radius 3 is 2.53 bits per heavy atom. The normalized spacial score (nSPS) is 19.1. The number of hydrogen-bond donors (Lipinski definition) is 3. The molecule has 1 aliphatic carbocycles.